The van der Waals surface area contributed by atoms with E-state index >= 15 is 0 Å². The molecule has 0 heterocycles. The van der Waals surface area contributed by atoms with Gasteiger partial charge in [-0.15, -0.1) is 0 Å². The number of nitrogens with zero attached hydrogens (tertiary/aromatic N) is 1. The summed E-state index contributed by atoms with van der Waals surface area (Å²) < 4.78 is 46.2. The van der Waals surface area contributed by atoms with E-state index in [0.717, 1.165) is 0 Å². The van der Waals surface area contributed by atoms with E-state index in [4.69, 9.17) is 4.74 Å². The Morgan fingerprint density at radius 1 is 1.04 bits per heavy atom. The number of hydrogen-bond donors (Lipinski definition) is 1. The highest BCUT2D eigenvalue weighted by Gasteiger charge is 2.57. The number of alkyl halides is 3. The Hall–Kier alpha value is -2.68. The van der Waals surface area contributed by atoms with E-state index in [1.165, 1.54) is 42.5 Å². The second kappa shape index (κ2) is 6.61. The van der Waals surface area contributed by atoms with Crippen molar-refractivity contribution in [2.45, 2.75) is 18.6 Å². The molecule has 0 saturated carbocycles. The molecule has 0 aliphatic carbocycles. The molecule has 0 unspecified atom stereocenters. The SMILES string of the molecule is CCOc1ccc(N[C@@](C#N)(c2ccccc2)C(F)(F)F)cc1. The number of ether oxygens (including phenoxy) is 1. The molecule has 3 nitrogen and oxygen atoms in total. The maximum Gasteiger partial charge on any atom is 0.429 e. The van der Waals surface area contributed by atoms with E-state index in [9.17, 15) is 18.4 Å². The van der Waals surface area contributed by atoms with Crippen LogP contribution in [0.4, 0.5) is 18.9 Å². The van der Waals surface area contributed by atoms with Gasteiger partial charge in [0.1, 0.15) is 11.8 Å². The third-order valence-corrected chi connectivity index (χ3v) is 3.30. The average molecular weight is 320 g/mol. The Morgan fingerprint density at radius 2 is 1.65 bits per heavy atom. The van der Waals surface area contributed by atoms with Gasteiger partial charge in [0.05, 0.1) is 6.61 Å². The average Bonchev–Trinajstić information content (AvgIpc) is 2.54. The molecule has 6 heteroatoms. The lowest BCUT2D eigenvalue weighted by atomic mass is 9.90. The quantitative estimate of drug-likeness (QED) is 0.883. The third kappa shape index (κ3) is 3.39. The first-order valence-electron chi connectivity index (χ1n) is 6.97. The van der Waals surface area contributed by atoms with Crippen molar-refractivity contribution in [2.75, 3.05) is 11.9 Å². The largest absolute Gasteiger partial charge is 0.494 e. The molecule has 1 N–H and O–H groups in total. The van der Waals surface area contributed by atoms with Crippen molar-refractivity contribution in [1.29, 1.82) is 5.26 Å². The molecular weight excluding hydrogens is 305 g/mol. The highest BCUT2D eigenvalue weighted by atomic mass is 19.4. The van der Waals surface area contributed by atoms with Gasteiger partial charge in [0.15, 0.2) is 0 Å². The van der Waals surface area contributed by atoms with Crippen LogP contribution in [0.15, 0.2) is 54.6 Å². The zero-order valence-electron chi connectivity index (χ0n) is 12.4. The second-order valence-electron chi connectivity index (χ2n) is 4.81. The predicted molar refractivity (Wildman–Crippen MR) is 81.0 cm³/mol. The van der Waals surface area contributed by atoms with Gasteiger partial charge in [0, 0.05) is 11.3 Å². The number of rotatable bonds is 5. The van der Waals surface area contributed by atoms with Crippen molar-refractivity contribution >= 4 is 5.69 Å². The molecule has 1 atom stereocenters. The summed E-state index contributed by atoms with van der Waals surface area (Å²) in [5, 5.41) is 11.6. The summed E-state index contributed by atoms with van der Waals surface area (Å²) >= 11 is 0. The molecule has 0 aromatic heterocycles. The molecule has 0 aliphatic rings. The van der Waals surface area contributed by atoms with Crippen molar-refractivity contribution in [3.8, 4) is 11.8 Å². The van der Waals surface area contributed by atoms with Crippen LogP contribution in [0.3, 0.4) is 0 Å². The molecular formula is C17H15F3N2O. The van der Waals surface area contributed by atoms with E-state index in [1.807, 2.05) is 6.92 Å². The Bertz CT molecular complexity index is 678. The minimum atomic E-state index is -4.79. The number of hydrogen-bond acceptors (Lipinski definition) is 3. The summed E-state index contributed by atoms with van der Waals surface area (Å²) in [6, 6.07) is 14.5. The molecule has 23 heavy (non-hydrogen) atoms. The highest BCUT2D eigenvalue weighted by molar-refractivity contribution is 5.54. The van der Waals surface area contributed by atoms with Crippen LogP contribution < -0.4 is 10.1 Å². The lowest BCUT2D eigenvalue weighted by Gasteiger charge is -2.31. The molecule has 2 rings (SSSR count). The molecule has 0 radical (unpaired) electrons. The monoisotopic (exact) mass is 320 g/mol. The van der Waals surface area contributed by atoms with Gasteiger partial charge in [-0.2, -0.15) is 18.4 Å². The van der Waals surface area contributed by atoms with E-state index in [-0.39, 0.29) is 11.3 Å². The molecule has 120 valence electrons. The molecule has 0 amide bonds. The smallest absolute Gasteiger partial charge is 0.429 e. The van der Waals surface area contributed by atoms with Gasteiger partial charge in [-0.05, 0) is 31.2 Å². The number of nitrogens with one attached hydrogen (secondary N) is 1. The first-order chi connectivity index (χ1) is 10.9. The number of nitriles is 1. The van der Waals surface area contributed by atoms with Crippen molar-refractivity contribution in [3.05, 3.63) is 60.2 Å². The maximum absolute atomic E-state index is 13.6. The lowest BCUT2D eigenvalue weighted by molar-refractivity contribution is -0.165. The normalized spacial score (nSPS) is 13.7. The van der Waals surface area contributed by atoms with Crippen LogP contribution in [0.5, 0.6) is 5.75 Å². The molecule has 0 saturated heterocycles. The summed E-state index contributed by atoms with van der Waals surface area (Å²) in [5.74, 6) is 0.548. The Kier molecular flexibility index (Phi) is 4.80. The topological polar surface area (TPSA) is 45.0 Å². The molecule has 0 bridgehead atoms. The van der Waals surface area contributed by atoms with E-state index in [2.05, 4.69) is 5.32 Å². The van der Waals surface area contributed by atoms with Crippen LogP contribution >= 0.6 is 0 Å². The third-order valence-electron chi connectivity index (χ3n) is 3.30. The number of benzene rings is 2. The first-order valence-corrected chi connectivity index (χ1v) is 6.97. The number of halogens is 3. The Labute approximate surface area is 132 Å². The zero-order valence-corrected chi connectivity index (χ0v) is 12.4. The van der Waals surface area contributed by atoms with Gasteiger partial charge >= 0.3 is 6.18 Å². The van der Waals surface area contributed by atoms with Gasteiger partial charge in [0.25, 0.3) is 0 Å². The Morgan fingerprint density at radius 3 is 2.13 bits per heavy atom. The minimum Gasteiger partial charge on any atom is -0.494 e. The van der Waals surface area contributed by atoms with Gasteiger partial charge in [-0.1, -0.05) is 30.3 Å². The molecule has 0 aliphatic heterocycles. The van der Waals surface area contributed by atoms with Crippen LogP contribution in [-0.4, -0.2) is 12.8 Å². The van der Waals surface area contributed by atoms with E-state index in [1.54, 1.807) is 18.2 Å². The summed E-state index contributed by atoms with van der Waals surface area (Å²) in [5.41, 5.74) is -2.80. The van der Waals surface area contributed by atoms with Crippen molar-refractivity contribution in [3.63, 3.8) is 0 Å². The van der Waals surface area contributed by atoms with Crippen LogP contribution in [0.1, 0.15) is 12.5 Å². The van der Waals surface area contributed by atoms with E-state index in [0.29, 0.717) is 12.4 Å². The van der Waals surface area contributed by atoms with E-state index < -0.39 is 11.7 Å². The standard InChI is InChI=1S/C17H15F3N2O/c1-2-23-15-10-8-14(9-11-15)22-16(12-21,17(18,19)20)13-6-4-3-5-7-13/h3-11,22H,2H2,1H3/t16-/m0/s1. The zero-order chi connectivity index (χ0) is 16.9. The van der Waals surface area contributed by atoms with Crippen LogP contribution in [-0.2, 0) is 5.54 Å². The summed E-state index contributed by atoms with van der Waals surface area (Å²) in [6.07, 6.45) is -4.79. The first kappa shape index (κ1) is 16.7. The van der Waals surface area contributed by atoms with Gasteiger partial charge in [-0.25, -0.2) is 0 Å². The molecule has 2 aromatic rings. The van der Waals surface area contributed by atoms with Crippen LogP contribution in [0.2, 0.25) is 0 Å². The molecule has 2 aromatic carbocycles. The summed E-state index contributed by atoms with van der Waals surface area (Å²) in [6.45, 7) is 2.27. The second-order valence-corrected chi connectivity index (χ2v) is 4.81. The van der Waals surface area contributed by atoms with Crippen molar-refractivity contribution in [2.24, 2.45) is 0 Å². The Balaban J connectivity index is 2.42. The molecule has 0 fully saturated rings. The van der Waals surface area contributed by atoms with Gasteiger partial charge < -0.3 is 10.1 Å². The lowest BCUT2D eigenvalue weighted by Crippen LogP contribution is -2.47. The fourth-order valence-corrected chi connectivity index (χ4v) is 2.17. The van der Waals surface area contributed by atoms with Crippen LogP contribution in [0.25, 0.3) is 0 Å². The van der Waals surface area contributed by atoms with Gasteiger partial charge in [-0.3, -0.25) is 0 Å². The minimum absolute atomic E-state index is 0.163. The summed E-state index contributed by atoms with van der Waals surface area (Å²) in [7, 11) is 0. The van der Waals surface area contributed by atoms with Crippen molar-refractivity contribution < 1.29 is 17.9 Å². The fraction of sp³-hybridized carbons (Fsp3) is 0.235. The highest BCUT2D eigenvalue weighted by Crippen LogP contribution is 2.41. The molecule has 0 spiro atoms. The maximum atomic E-state index is 13.6. The van der Waals surface area contributed by atoms with Crippen LogP contribution in [0, 0.1) is 11.3 Å². The predicted octanol–water partition coefficient (Wildman–Crippen LogP) is 4.48. The summed E-state index contributed by atoms with van der Waals surface area (Å²) in [4.78, 5) is 0. The van der Waals surface area contributed by atoms with Gasteiger partial charge in [0.2, 0.25) is 5.54 Å². The fourth-order valence-electron chi connectivity index (χ4n) is 2.17. The van der Waals surface area contributed by atoms with Crippen molar-refractivity contribution in [1.82, 2.24) is 0 Å². The number of anilines is 1.